The van der Waals surface area contributed by atoms with Crippen molar-refractivity contribution in [3.63, 3.8) is 0 Å². The molecule has 2 heterocycles. The zero-order valence-electron chi connectivity index (χ0n) is 13.1. The third-order valence-corrected chi connectivity index (χ3v) is 6.03. The molecule has 0 bridgehead atoms. The molecule has 0 aromatic heterocycles. The molecule has 1 aromatic carbocycles. The number of benzene rings is 1. The summed E-state index contributed by atoms with van der Waals surface area (Å²) in [6.07, 6.45) is 5.98. The second kappa shape index (κ2) is 6.51. The van der Waals surface area contributed by atoms with Gasteiger partial charge in [-0.2, -0.15) is 0 Å². The van der Waals surface area contributed by atoms with Crippen molar-refractivity contribution in [2.45, 2.75) is 43.5 Å². The Balaban J connectivity index is 1.46. The minimum atomic E-state index is 0.0630. The second-order valence-corrected chi connectivity index (χ2v) is 7.50. The molecule has 2 aliphatic heterocycles. The van der Waals surface area contributed by atoms with E-state index in [1.165, 1.54) is 19.3 Å². The molecule has 1 saturated carbocycles. The van der Waals surface area contributed by atoms with E-state index in [0.717, 1.165) is 42.2 Å². The van der Waals surface area contributed by atoms with Gasteiger partial charge in [-0.05, 0) is 30.5 Å². The summed E-state index contributed by atoms with van der Waals surface area (Å²) >= 11 is 1.81. The summed E-state index contributed by atoms with van der Waals surface area (Å²) in [5, 5.41) is 3.29. The molecule has 2 fully saturated rings. The number of carbonyl (C=O) groups excluding carboxylic acids is 1. The summed E-state index contributed by atoms with van der Waals surface area (Å²) in [5.41, 5.74) is 1.11. The van der Waals surface area contributed by atoms with E-state index in [4.69, 9.17) is 9.47 Å². The molecule has 0 unspecified atom stereocenters. The van der Waals surface area contributed by atoms with Gasteiger partial charge in [-0.3, -0.25) is 0 Å². The van der Waals surface area contributed by atoms with Crippen LogP contribution in [0.25, 0.3) is 0 Å². The maximum absolute atomic E-state index is 12.7. The van der Waals surface area contributed by atoms with Crippen LogP contribution >= 0.6 is 11.8 Å². The molecule has 5 nitrogen and oxygen atoms in total. The minimum absolute atomic E-state index is 0.0630. The summed E-state index contributed by atoms with van der Waals surface area (Å²) in [6, 6.07) is 6.40. The number of thioether (sulfide) groups is 1. The van der Waals surface area contributed by atoms with E-state index in [1.807, 2.05) is 34.9 Å². The van der Waals surface area contributed by atoms with Crippen molar-refractivity contribution < 1.29 is 14.3 Å². The maximum Gasteiger partial charge on any atom is 0.318 e. The van der Waals surface area contributed by atoms with Crippen molar-refractivity contribution in [2.75, 3.05) is 19.1 Å². The predicted octanol–water partition coefficient (Wildman–Crippen LogP) is 3.51. The first-order chi connectivity index (χ1) is 11.3. The number of nitrogens with one attached hydrogen (secondary N) is 1. The Morgan fingerprint density at radius 1 is 1.17 bits per heavy atom. The highest BCUT2D eigenvalue weighted by Gasteiger charge is 2.32. The molecule has 23 heavy (non-hydrogen) atoms. The fourth-order valence-electron chi connectivity index (χ4n) is 3.53. The normalized spacial score (nSPS) is 24.0. The molecule has 1 aliphatic carbocycles. The van der Waals surface area contributed by atoms with E-state index in [-0.39, 0.29) is 18.2 Å². The van der Waals surface area contributed by atoms with Gasteiger partial charge in [-0.15, -0.1) is 11.8 Å². The van der Waals surface area contributed by atoms with Crippen molar-refractivity contribution >= 4 is 17.8 Å². The van der Waals surface area contributed by atoms with E-state index in [2.05, 4.69) is 5.32 Å². The van der Waals surface area contributed by atoms with Crippen molar-refractivity contribution in [1.29, 1.82) is 0 Å². The van der Waals surface area contributed by atoms with Crippen LogP contribution in [0.1, 0.15) is 43.0 Å². The number of carbonyl (C=O) groups is 1. The van der Waals surface area contributed by atoms with E-state index in [1.54, 1.807) is 0 Å². The lowest BCUT2D eigenvalue weighted by molar-refractivity contribution is 0.173. The molecular formula is C17H22N2O3S. The summed E-state index contributed by atoms with van der Waals surface area (Å²) in [7, 11) is 0. The minimum Gasteiger partial charge on any atom is -0.454 e. The SMILES string of the molecule is O=C(NC1CCCCC1)N1CCS[C@@H]1c1ccc2c(c1)OCO2. The largest absolute Gasteiger partial charge is 0.454 e. The Morgan fingerprint density at radius 3 is 2.87 bits per heavy atom. The Labute approximate surface area is 140 Å². The summed E-state index contributed by atoms with van der Waals surface area (Å²) in [6.45, 7) is 1.07. The Bertz CT molecular complexity index is 589. The molecule has 3 aliphatic rings. The maximum atomic E-state index is 12.7. The zero-order valence-corrected chi connectivity index (χ0v) is 13.9. The van der Waals surface area contributed by atoms with Gasteiger partial charge in [0.05, 0.1) is 0 Å². The molecule has 124 valence electrons. The number of hydrogen-bond donors (Lipinski definition) is 1. The van der Waals surface area contributed by atoms with Crippen LogP contribution in [0.4, 0.5) is 4.79 Å². The highest BCUT2D eigenvalue weighted by molar-refractivity contribution is 7.99. The van der Waals surface area contributed by atoms with Gasteiger partial charge in [0.1, 0.15) is 5.37 Å². The molecule has 1 aromatic rings. The highest BCUT2D eigenvalue weighted by Crippen LogP contribution is 2.42. The lowest BCUT2D eigenvalue weighted by Crippen LogP contribution is -2.45. The zero-order chi connectivity index (χ0) is 15.6. The lowest BCUT2D eigenvalue weighted by atomic mass is 9.96. The lowest BCUT2D eigenvalue weighted by Gasteiger charge is -2.29. The van der Waals surface area contributed by atoms with Gasteiger partial charge in [0, 0.05) is 18.3 Å². The van der Waals surface area contributed by atoms with Gasteiger partial charge in [-0.25, -0.2) is 4.79 Å². The Hall–Kier alpha value is -1.56. The third-order valence-electron chi connectivity index (χ3n) is 4.77. The number of fused-ring (bicyclic) bond motifs is 1. The predicted molar refractivity (Wildman–Crippen MR) is 89.9 cm³/mol. The van der Waals surface area contributed by atoms with Crippen LogP contribution in [0.5, 0.6) is 11.5 Å². The number of urea groups is 1. The Morgan fingerprint density at radius 2 is 2.00 bits per heavy atom. The van der Waals surface area contributed by atoms with Crippen molar-refractivity contribution in [1.82, 2.24) is 10.2 Å². The smallest absolute Gasteiger partial charge is 0.318 e. The number of rotatable bonds is 2. The van der Waals surface area contributed by atoms with Crippen LogP contribution in [0, 0.1) is 0 Å². The molecule has 4 rings (SSSR count). The monoisotopic (exact) mass is 334 g/mol. The van der Waals surface area contributed by atoms with Crippen LogP contribution in [0.15, 0.2) is 18.2 Å². The third kappa shape index (κ3) is 3.09. The summed E-state index contributed by atoms with van der Waals surface area (Å²) < 4.78 is 10.8. The van der Waals surface area contributed by atoms with Crippen LogP contribution in [0.3, 0.4) is 0 Å². The summed E-state index contributed by atoms with van der Waals surface area (Å²) in [5.74, 6) is 2.54. The van der Waals surface area contributed by atoms with Crippen molar-refractivity contribution in [3.8, 4) is 11.5 Å². The molecule has 6 heteroatoms. The number of hydrogen-bond acceptors (Lipinski definition) is 4. The number of amides is 2. The molecular weight excluding hydrogens is 312 g/mol. The molecule has 0 spiro atoms. The van der Waals surface area contributed by atoms with Gasteiger partial charge < -0.3 is 19.7 Å². The average molecular weight is 334 g/mol. The molecule has 2 amide bonds. The highest BCUT2D eigenvalue weighted by atomic mass is 32.2. The molecule has 1 atom stereocenters. The van der Waals surface area contributed by atoms with Crippen LogP contribution in [-0.4, -0.2) is 36.1 Å². The van der Waals surface area contributed by atoms with E-state index >= 15 is 0 Å². The van der Waals surface area contributed by atoms with Gasteiger partial charge in [0.25, 0.3) is 0 Å². The van der Waals surface area contributed by atoms with Gasteiger partial charge in [-0.1, -0.05) is 25.3 Å². The topological polar surface area (TPSA) is 50.8 Å². The Kier molecular flexibility index (Phi) is 4.25. The number of ether oxygens (including phenoxy) is 2. The first-order valence-electron chi connectivity index (χ1n) is 8.39. The first kappa shape index (κ1) is 15.0. The molecule has 1 saturated heterocycles. The quantitative estimate of drug-likeness (QED) is 0.899. The molecule has 1 N–H and O–H groups in total. The second-order valence-electron chi connectivity index (χ2n) is 6.31. The van der Waals surface area contributed by atoms with E-state index in [0.29, 0.717) is 6.04 Å². The van der Waals surface area contributed by atoms with E-state index < -0.39 is 0 Å². The first-order valence-corrected chi connectivity index (χ1v) is 9.44. The van der Waals surface area contributed by atoms with Gasteiger partial charge in [0.15, 0.2) is 11.5 Å². The van der Waals surface area contributed by atoms with Crippen LogP contribution in [0.2, 0.25) is 0 Å². The van der Waals surface area contributed by atoms with Crippen LogP contribution < -0.4 is 14.8 Å². The summed E-state index contributed by atoms with van der Waals surface area (Å²) in [4.78, 5) is 14.6. The average Bonchev–Trinajstić information content (AvgIpc) is 3.24. The van der Waals surface area contributed by atoms with E-state index in [9.17, 15) is 4.79 Å². The van der Waals surface area contributed by atoms with Crippen molar-refractivity contribution in [2.24, 2.45) is 0 Å². The van der Waals surface area contributed by atoms with Gasteiger partial charge in [0.2, 0.25) is 6.79 Å². The van der Waals surface area contributed by atoms with Crippen molar-refractivity contribution in [3.05, 3.63) is 23.8 Å². The molecule has 0 radical (unpaired) electrons. The van der Waals surface area contributed by atoms with Gasteiger partial charge >= 0.3 is 6.03 Å². The fraction of sp³-hybridized carbons (Fsp3) is 0.588. The number of nitrogens with zero attached hydrogens (tertiary/aromatic N) is 1. The standard InChI is InChI=1S/C17H22N2O3S/c20-17(18-13-4-2-1-3-5-13)19-8-9-23-16(19)12-6-7-14-15(10-12)22-11-21-14/h6-7,10,13,16H,1-5,8-9,11H2,(H,18,20)/t16-/m1/s1. The fourth-order valence-corrected chi connectivity index (χ4v) is 4.77. The van der Waals surface area contributed by atoms with Crippen LogP contribution in [-0.2, 0) is 0 Å².